The highest BCUT2D eigenvalue weighted by molar-refractivity contribution is 7.99. The summed E-state index contributed by atoms with van der Waals surface area (Å²) in [5.74, 6) is 1.14. The number of hydrogen-bond acceptors (Lipinski definition) is 4. The number of methoxy groups -OCH3 is 1. The largest absolute Gasteiger partial charge is 0.481 e. The van der Waals surface area contributed by atoms with Crippen molar-refractivity contribution in [2.24, 2.45) is 0 Å². The number of urea groups is 1. The molecule has 0 aromatic carbocycles. The van der Waals surface area contributed by atoms with Crippen molar-refractivity contribution in [1.29, 1.82) is 0 Å². The quantitative estimate of drug-likeness (QED) is 0.528. The average molecular weight is 292 g/mol. The Kier molecular flexibility index (Phi) is 10.4. The second-order valence-electron chi connectivity index (χ2n) is 4.20. The summed E-state index contributed by atoms with van der Waals surface area (Å²) in [7, 11) is 1.43. The van der Waals surface area contributed by atoms with Gasteiger partial charge in [0, 0.05) is 19.7 Å². The highest BCUT2D eigenvalue weighted by Gasteiger charge is 2.14. The number of amides is 2. The molecule has 3 N–H and O–H groups in total. The number of nitrogens with one attached hydrogen (secondary N) is 2. The van der Waals surface area contributed by atoms with Crippen LogP contribution in [-0.2, 0) is 9.53 Å². The first-order chi connectivity index (χ1) is 8.99. The lowest BCUT2D eigenvalue weighted by Gasteiger charge is -2.17. The minimum Gasteiger partial charge on any atom is -0.481 e. The van der Waals surface area contributed by atoms with Crippen LogP contribution in [0, 0.1) is 0 Å². The van der Waals surface area contributed by atoms with Gasteiger partial charge in [0.25, 0.3) is 0 Å². The van der Waals surface area contributed by atoms with Crippen LogP contribution in [0.15, 0.2) is 0 Å². The molecule has 0 fully saturated rings. The van der Waals surface area contributed by atoms with Gasteiger partial charge < -0.3 is 20.5 Å². The Morgan fingerprint density at radius 1 is 1.42 bits per heavy atom. The van der Waals surface area contributed by atoms with Crippen LogP contribution in [-0.4, -0.2) is 54.4 Å². The third kappa shape index (κ3) is 10.6. The Balaban J connectivity index is 3.80. The molecular weight excluding hydrogens is 268 g/mol. The number of ether oxygens (including phenoxy) is 1. The van der Waals surface area contributed by atoms with E-state index in [1.54, 1.807) is 0 Å². The number of thioether (sulfide) groups is 1. The Bertz CT molecular complexity index is 276. The van der Waals surface area contributed by atoms with E-state index in [0.717, 1.165) is 17.9 Å². The molecule has 112 valence electrons. The van der Waals surface area contributed by atoms with Gasteiger partial charge in [-0.1, -0.05) is 6.92 Å². The summed E-state index contributed by atoms with van der Waals surface area (Å²) < 4.78 is 4.97. The molecule has 0 saturated heterocycles. The van der Waals surface area contributed by atoms with Crippen molar-refractivity contribution in [2.75, 3.05) is 25.2 Å². The molecule has 0 aliphatic rings. The lowest BCUT2D eigenvalue weighted by Crippen LogP contribution is -2.44. The standard InChI is InChI=1S/C12H24N2O4S/c1-4-19-6-5-9(2)14-12(17)13-8-10(18-3)7-11(15)16/h9-10H,4-8H2,1-3H3,(H,15,16)(H2,13,14,17). The van der Waals surface area contributed by atoms with Gasteiger partial charge in [-0.15, -0.1) is 0 Å². The molecule has 2 unspecified atom stereocenters. The molecule has 19 heavy (non-hydrogen) atoms. The van der Waals surface area contributed by atoms with Gasteiger partial charge in [0.1, 0.15) is 0 Å². The summed E-state index contributed by atoms with van der Waals surface area (Å²) >= 11 is 1.84. The summed E-state index contributed by atoms with van der Waals surface area (Å²) in [6, 6.07) is -0.194. The van der Waals surface area contributed by atoms with Gasteiger partial charge >= 0.3 is 12.0 Å². The summed E-state index contributed by atoms with van der Waals surface area (Å²) in [6.45, 7) is 4.23. The summed E-state index contributed by atoms with van der Waals surface area (Å²) in [5.41, 5.74) is 0. The Hall–Kier alpha value is -0.950. The first-order valence-electron chi connectivity index (χ1n) is 6.36. The van der Waals surface area contributed by atoms with E-state index in [0.29, 0.717) is 0 Å². The first kappa shape index (κ1) is 18.0. The topological polar surface area (TPSA) is 87.7 Å². The normalized spacial score (nSPS) is 13.6. The van der Waals surface area contributed by atoms with Crippen molar-refractivity contribution in [2.45, 2.75) is 38.8 Å². The van der Waals surface area contributed by atoms with Gasteiger partial charge in [-0.2, -0.15) is 11.8 Å². The molecule has 6 nitrogen and oxygen atoms in total. The smallest absolute Gasteiger partial charge is 0.315 e. The zero-order valence-electron chi connectivity index (χ0n) is 11.8. The highest BCUT2D eigenvalue weighted by Crippen LogP contribution is 2.03. The number of carboxylic acids is 1. The zero-order chi connectivity index (χ0) is 14.7. The first-order valence-corrected chi connectivity index (χ1v) is 7.51. The average Bonchev–Trinajstić information content (AvgIpc) is 2.34. The van der Waals surface area contributed by atoms with Crippen LogP contribution in [0.4, 0.5) is 4.79 Å². The van der Waals surface area contributed by atoms with E-state index >= 15 is 0 Å². The Labute approximate surface area is 118 Å². The number of rotatable bonds is 10. The number of carboxylic acid groups (broad SMARTS) is 1. The fourth-order valence-electron chi connectivity index (χ4n) is 1.39. The molecule has 0 bridgehead atoms. The number of carbonyl (C=O) groups excluding carboxylic acids is 1. The minimum atomic E-state index is -0.945. The molecule has 0 rings (SSSR count). The van der Waals surface area contributed by atoms with Crippen molar-refractivity contribution in [1.82, 2.24) is 10.6 Å². The summed E-state index contributed by atoms with van der Waals surface area (Å²) in [6.07, 6.45) is 0.281. The van der Waals surface area contributed by atoms with Gasteiger partial charge in [-0.05, 0) is 24.9 Å². The van der Waals surface area contributed by atoms with Gasteiger partial charge in [-0.3, -0.25) is 4.79 Å². The highest BCUT2D eigenvalue weighted by atomic mass is 32.2. The predicted octanol–water partition coefficient (Wildman–Crippen LogP) is 1.31. The van der Waals surface area contributed by atoms with Crippen molar-refractivity contribution < 1.29 is 19.4 Å². The molecule has 0 heterocycles. The van der Waals surface area contributed by atoms with E-state index in [1.165, 1.54) is 7.11 Å². The van der Waals surface area contributed by atoms with Crippen molar-refractivity contribution >= 4 is 23.8 Å². The van der Waals surface area contributed by atoms with E-state index < -0.39 is 12.1 Å². The molecule has 0 radical (unpaired) electrons. The Morgan fingerprint density at radius 3 is 2.63 bits per heavy atom. The monoisotopic (exact) mass is 292 g/mol. The molecule has 0 saturated carbocycles. The molecule has 0 aromatic rings. The molecule has 2 atom stereocenters. The number of aliphatic carboxylic acids is 1. The molecule has 0 aromatic heterocycles. The fourth-order valence-corrected chi connectivity index (χ4v) is 2.20. The molecule has 0 aliphatic heterocycles. The van der Waals surface area contributed by atoms with Crippen molar-refractivity contribution in [3.8, 4) is 0 Å². The summed E-state index contributed by atoms with van der Waals surface area (Å²) in [5, 5.41) is 14.1. The van der Waals surface area contributed by atoms with Crippen molar-refractivity contribution in [3.05, 3.63) is 0 Å². The van der Waals surface area contributed by atoms with E-state index in [1.807, 2.05) is 18.7 Å². The minimum absolute atomic E-state index is 0.0968. The Morgan fingerprint density at radius 2 is 2.11 bits per heavy atom. The van der Waals surface area contributed by atoms with Crippen LogP contribution in [0.25, 0.3) is 0 Å². The maximum Gasteiger partial charge on any atom is 0.315 e. The fraction of sp³-hybridized carbons (Fsp3) is 0.833. The van der Waals surface area contributed by atoms with Gasteiger partial charge in [0.15, 0.2) is 0 Å². The molecule has 2 amide bonds. The number of hydrogen-bond donors (Lipinski definition) is 3. The summed E-state index contributed by atoms with van der Waals surface area (Å²) in [4.78, 5) is 22.1. The third-order valence-electron chi connectivity index (χ3n) is 2.50. The van der Waals surface area contributed by atoms with Crippen LogP contribution < -0.4 is 10.6 Å². The lowest BCUT2D eigenvalue weighted by atomic mass is 10.2. The predicted molar refractivity (Wildman–Crippen MR) is 76.7 cm³/mol. The van der Waals surface area contributed by atoms with E-state index in [-0.39, 0.29) is 25.0 Å². The van der Waals surface area contributed by atoms with Crippen LogP contribution in [0.5, 0.6) is 0 Å². The maximum atomic E-state index is 11.6. The zero-order valence-corrected chi connectivity index (χ0v) is 12.6. The van der Waals surface area contributed by atoms with Gasteiger partial charge in [0.2, 0.25) is 0 Å². The van der Waals surface area contributed by atoms with E-state index in [2.05, 4.69) is 17.6 Å². The number of carbonyl (C=O) groups is 2. The second-order valence-corrected chi connectivity index (χ2v) is 5.59. The lowest BCUT2D eigenvalue weighted by molar-refractivity contribution is -0.139. The second kappa shape index (κ2) is 10.9. The molecular formula is C12H24N2O4S. The molecule has 0 aliphatic carbocycles. The molecule has 7 heteroatoms. The van der Waals surface area contributed by atoms with Crippen LogP contribution in [0.1, 0.15) is 26.7 Å². The van der Waals surface area contributed by atoms with Gasteiger partial charge in [-0.25, -0.2) is 4.79 Å². The third-order valence-corrected chi connectivity index (χ3v) is 3.44. The van der Waals surface area contributed by atoms with E-state index in [4.69, 9.17) is 9.84 Å². The SMILES string of the molecule is CCSCCC(C)NC(=O)NCC(CC(=O)O)OC. The van der Waals surface area contributed by atoms with Crippen LogP contribution in [0.2, 0.25) is 0 Å². The van der Waals surface area contributed by atoms with Crippen molar-refractivity contribution in [3.63, 3.8) is 0 Å². The molecule has 0 spiro atoms. The van der Waals surface area contributed by atoms with Crippen LogP contribution >= 0.6 is 11.8 Å². The van der Waals surface area contributed by atoms with Gasteiger partial charge in [0.05, 0.1) is 12.5 Å². The van der Waals surface area contributed by atoms with Crippen LogP contribution in [0.3, 0.4) is 0 Å². The maximum absolute atomic E-state index is 11.6. The van der Waals surface area contributed by atoms with E-state index in [9.17, 15) is 9.59 Å².